The molecule has 154 valence electrons. The van der Waals surface area contributed by atoms with Gasteiger partial charge in [-0.2, -0.15) is 4.68 Å². The molecule has 0 fully saturated rings. The second-order valence-electron chi connectivity index (χ2n) is 6.39. The van der Waals surface area contributed by atoms with Gasteiger partial charge in [0, 0.05) is 17.3 Å². The minimum absolute atomic E-state index is 0.0852. The van der Waals surface area contributed by atoms with E-state index in [0.717, 1.165) is 4.68 Å². The smallest absolute Gasteiger partial charge is 0.437 e. The normalized spacial score (nSPS) is 13.0. The van der Waals surface area contributed by atoms with Crippen LogP contribution in [0.5, 0.6) is 11.5 Å². The molecule has 0 radical (unpaired) electrons. The van der Waals surface area contributed by atoms with E-state index >= 15 is 0 Å². The number of benzene rings is 2. The van der Waals surface area contributed by atoms with E-state index in [-0.39, 0.29) is 12.7 Å². The molecule has 3 aromatic rings. The van der Waals surface area contributed by atoms with Gasteiger partial charge in [-0.3, -0.25) is 9.59 Å². The van der Waals surface area contributed by atoms with Crippen LogP contribution in [0.15, 0.2) is 57.7 Å². The first-order chi connectivity index (χ1) is 14.5. The Kier molecular flexibility index (Phi) is 5.21. The standard InChI is InChI=1S/C20H17N3O7/c1-12(18(25)21-14-7-8-15-16(9-14)28-11-27-15)29-17(24)10-23-20(26)30-19(22-23)13-5-3-2-4-6-13/h2-9,12H,10-11H2,1H3,(H,21,25)/t12-/m0/s1. The zero-order chi connectivity index (χ0) is 21.1. The van der Waals surface area contributed by atoms with Crippen LogP contribution in [0.2, 0.25) is 0 Å². The molecule has 2 aromatic carbocycles. The van der Waals surface area contributed by atoms with Crippen molar-refractivity contribution in [1.29, 1.82) is 0 Å². The van der Waals surface area contributed by atoms with E-state index in [1.165, 1.54) is 6.92 Å². The predicted octanol–water partition coefficient (Wildman–Crippen LogP) is 1.80. The molecular weight excluding hydrogens is 394 g/mol. The van der Waals surface area contributed by atoms with Gasteiger partial charge in [0.15, 0.2) is 17.6 Å². The summed E-state index contributed by atoms with van der Waals surface area (Å²) in [5, 5.41) is 6.61. The summed E-state index contributed by atoms with van der Waals surface area (Å²) < 4.78 is 21.5. The number of hydrogen-bond donors (Lipinski definition) is 1. The lowest BCUT2D eigenvalue weighted by molar-refractivity contribution is -0.154. The minimum atomic E-state index is -1.10. The second kappa shape index (κ2) is 8.11. The van der Waals surface area contributed by atoms with Gasteiger partial charge in [-0.15, -0.1) is 5.10 Å². The number of esters is 1. The molecule has 0 saturated heterocycles. The van der Waals surface area contributed by atoms with Crippen molar-refractivity contribution in [3.8, 4) is 23.0 Å². The van der Waals surface area contributed by atoms with Crippen LogP contribution in [-0.4, -0.2) is 34.6 Å². The van der Waals surface area contributed by atoms with E-state index < -0.39 is 30.3 Å². The molecule has 0 bridgehead atoms. The van der Waals surface area contributed by atoms with Crippen LogP contribution < -0.4 is 20.5 Å². The van der Waals surface area contributed by atoms with Gasteiger partial charge in [-0.25, -0.2) is 4.79 Å². The summed E-state index contributed by atoms with van der Waals surface area (Å²) in [5.74, 6) is -0.971. The maximum absolute atomic E-state index is 12.3. The van der Waals surface area contributed by atoms with Gasteiger partial charge in [0.1, 0.15) is 6.54 Å². The van der Waals surface area contributed by atoms with Crippen molar-refractivity contribution >= 4 is 17.6 Å². The third kappa shape index (κ3) is 4.17. The lowest BCUT2D eigenvalue weighted by Crippen LogP contribution is -2.32. The predicted molar refractivity (Wildman–Crippen MR) is 103 cm³/mol. The first kappa shape index (κ1) is 19.2. The number of anilines is 1. The Morgan fingerprint density at radius 3 is 2.73 bits per heavy atom. The van der Waals surface area contributed by atoms with Gasteiger partial charge in [0.05, 0.1) is 0 Å². The topological polar surface area (TPSA) is 122 Å². The van der Waals surface area contributed by atoms with Gasteiger partial charge >= 0.3 is 11.7 Å². The van der Waals surface area contributed by atoms with Crippen LogP contribution in [0, 0.1) is 0 Å². The fourth-order valence-electron chi connectivity index (χ4n) is 2.73. The summed E-state index contributed by atoms with van der Waals surface area (Å²) in [6, 6.07) is 13.7. The number of hydrogen-bond acceptors (Lipinski definition) is 8. The number of rotatable bonds is 6. The van der Waals surface area contributed by atoms with Crippen LogP contribution in [-0.2, 0) is 20.9 Å². The van der Waals surface area contributed by atoms with Crippen LogP contribution >= 0.6 is 0 Å². The highest BCUT2D eigenvalue weighted by Crippen LogP contribution is 2.34. The van der Waals surface area contributed by atoms with Crippen LogP contribution in [0.1, 0.15) is 6.92 Å². The van der Waals surface area contributed by atoms with Crippen molar-refractivity contribution in [2.45, 2.75) is 19.6 Å². The molecule has 1 aliphatic rings. The Morgan fingerprint density at radius 1 is 1.17 bits per heavy atom. The average molecular weight is 411 g/mol. The van der Waals surface area contributed by atoms with Crippen molar-refractivity contribution in [1.82, 2.24) is 9.78 Å². The van der Waals surface area contributed by atoms with Crippen molar-refractivity contribution < 1.29 is 28.2 Å². The SMILES string of the molecule is C[C@H](OC(=O)Cn1nc(-c2ccccc2)oc1=O)C(=O)Nc1ccc2c(c1)OCO2. The Morgan fingerprint density at radius 2 is 1.93 bits per heavy atom. The third-order valence-electron chi connectivity index (χ3n) is 4.22. The second-order valence-corrected chi connectivity index (χ2v) is 6.39. The maximum Gasteiger partial charge on any atom is 0.437 e. The number of carbonyl (C=O) groups excluding carboxylic acids is 2. The number of aromatic nitrogens is 2. The lowest BCUT2D eigenvalue weighted by atomic mass is 10.2. The van der Waals surface area contributed by atoms with Gasteiger partial charge < -0.3 is 23.9 Å². The highest BCUT2D eigenvalue weighted by atomic mass is 16.7. The van der Waals surface area contributed by atoms with Crippen molar-refractivity contribution in [2.24, 2.45) is 0 Å². The Hall–Kier alpha value is -4.08. The zero-order valence-electron chi connectivity index (χ0n) is 15.9. The molecule has 1 amide bonds. The fourth-order valence-corrected chi connectivity index (χ4v) is 2.73. The number of fused-ring (bicyclic) bond motifs is 1. The third-order valence-corrected chi connectivity index (χ3v) is 4.22. The number of carbonyl (C=O) groups is 2. The largest absolute Gasteiger partial charge is 0.454 e. The molecule has 1 aliphatic heterocycles. The van der Waals surface area contributed by atoms with Gasteiger partial charge in [0.2, 0.25) is 12.7 Å². The quantitative estimate of drug-likeness (QED) is 0.610. The van der Waals surface area contributed by atoms with E-state index in [1.54, 1.807) is 42.5 Å². The lowest BCUT2D eigenvalue weighted by Gasteiger charge is -2.13. The summed E-state index contributed by atoms with van der Waals surface area (Å²) in [6.45, 7) is 1.05. The number of amides is 1. The molecule has 10 nitrogen and oxygen atoms in total. The Balaban J connectivity index is 1.35. The molecule has 30 heavy (non-hydrogen) atoms. The zero-order valence-corrected chi connectivity index (χ0v) is 15.9. The molecule has 2 heterocycles. The maximum atomic E-state index is 12.3. The van der Waals surface area contributed by atoms with Gasteiger partial charge in [0.25, 0.3) is 5.91 Å². The van der Waals surface area contributed by atoms with Gasteiger partial charge in [-0.05, 0) is 31.2 Å². The summed E-state index contributed by atoms with van der Waals surface area (Å²) in [4.78, 5) is 36.4. The monoisotopic (exact) mass is 411 g/mol. The molecule has 1 atom stereocenters. The minimum Gasteiger partial charge on any atom is -0.454 e. The van der Waals surface area contributed by atoms with E-state index in [0.29, 0.717) is 22.7 Å². The molecule has 4 rings (SSSR count). The van der Waals surface area contributed by atoms with Crippen molar-refractivity contribution in [2.75, 3.05) is 12.1 Å². The molecule has 10 heteroatoms. The number of nitrogens with zero attached hydrogens (tertiary/aromatic N) is 2. The molecular formula is C20H17N3O7. The summed E-state index contributed by atoms with van der Waals surface area (Å²) in [5.41, 5.74) is 1.06. The Labute approximate surface area is 170 Å². The highest BCUT2D eigenvalue weighted by Gasteiger charge is 2.21. The molecule has 1 N–H and O–H groups in total. The number of ether oxygens (including phenoxy) is 3. The summed E-state index contributed by atoms with van der Waals surface area (Å²) in [7, 11) is 0. The van der Waals surface area contributed by atoms with E-state index in [4.69, 9.17) is 18.6 Å². The molecule has 0 spiro atoms. The molecule has 0 unspecified atom stereocenters. The van der Waals surface area contributed by atoms with Gasteiger partial charge in [-0.1, -0.05) is 18.2 Å². The number of nitrogens with one attached hydrogen (secondary N) is 1. The molecule has 0 saturated carbocycles. The van der Waals surface area contributed by atoms with Crippen LogP contribution in [0.25, 0.3) is 11.5 Å². The first-order valence-electron chi connectivity index (χ1n) is 9.03. The molecule has 0 aliphatic carbocycles. The van der Waals surface area contributed by atoms with E-state index in [9.17, 15) is 14.4 Å². The van der Waals surface area contributed by atoms with Crippen molar-refractivity contribution in [3.63, 3.8) is 0 Å². The van der Waals surface area contributed by atoms with Crippen LogP contribution in [0.3, 0.4) is 0 Å². The van der Waals surface area contributed by atoms with Crippen LogP contribution in [0.4, 0.5) is 5.69 Å². The fraction of sp³-hybridized carbons (Fsp3) is 0.200. The summed E-state index contributed by atoms with van der Waals surface area (Å²) >= 11 is 0. The van der Waals surface area contributed by atoms with Crippen molar-refractivity contribution in [3.05, 3.63) is 59.1 Å². The Bertz CT molecular complexity index is 1140. The average Bonchev–Trinajstić information content (AvgIpc) is 3.35. The highest BCUT2D eigenvalue weighted by molar-refractivity contribution is 5.95. The summed E-state index contributed by atoms with van der Waals surface area (Å²) in [6.07, 6.45) is -1.10. The molecule has 1 aromatic heterocycles. The van der Waals surface area contributed by atoms with E-state index in [2.05, 4.69) is 10.4 Å². The van der Waals surface area contributed by atoms with E-state index in [1.807, 2.05) is 6.07 Å². The first-order valence-corrected chi connectivity index (χ1v) is 9.03.